The Morgan fingerprint density at radius 3 is 0.143 bits per heavy atom. The monoisotopic (exact) mass is 879 g/mol. The van der Waals surface area contributed by atoms with E-state index in [-0.39, 0.29) is 771 Å². The molecular formula is B5K15O15. The van der Waals surface area contributed by atoms with Crippen LogP contribution in [-0.2, 0) is 0 Å². The van der Waals surface area contributed by atoms with Gasteiger partial charge in [0.25, 0.3) is 0 Å². The largest absolute Gasteiger partial charge is 1.00 e. The first-order valence-corrected chi connectivity index (χ1v) is 3.54. The van der Waals surface area contributed by atoms with Gasteiger partial charge in [-0.05, 0) is 0 Å². The predicted octanol–water partition coefficient (Wildman–Crippen LogP) is -64.7. The normalized spacial score (nSPS) is 3.86. The summed E-state index contributed by atoms with van der Waals surface area (Å²) in [4.78, 5) is 0. The smallest absolute Gasteiger partial charge is 0.907 e. The molecule has 0 amide bonds. The molecule has 35 heteroatoms. The second kappa shape index (κ2) is 124. The first kappa shape index (κ1) is 130. The summed E-state index contributed by atoms with van der Waals surface area (Å²) >= 11 is 0. The van der Waals surface area contributed by atoms with Crippen molar-refractivity contribution in [1.82, 2.24) is 0 Å². The predicted molar refractivity (Wildman–Crippen MR) is 28.8 cm³/mol. The molecule has 0 N–H and O–H groups in total. The molecule has 0 aliphatic rings. The molecule has 0 aromatic rings. The second-order valence-corrected chi connectivity index (χ2v) is 1.44. The molecule has 120 valence electrons. The Hall–Kier alpha value is 24.3. The molecule has 0 radical (unpaired) electrons. The van der Waals surface area contributed by atoms with Gasteiger partial charge in [-0.15, -0.1) is 0 Å². The molecule has 0 atom stereocenters. The van der Waals surface area contributed by atoms with Gasteiger partial charge in [0, 0.05) is 0 Å². The summed E-state index contributed by atoms with van der Waals surface area (Å²) < 4.78 is 0. The van der Waals surface area contributed by atoms with Crippen LogP contribution in [0.5, 0.6) is 0 Å². The number of hydrogen-bond acceptors (Lipinski definition) is 15. The average Bonchev–Trinajstić information content (AvgIpc) is 1.94. The Balaban J connectivity index is -0.00000000403. The zero-order valence-corrected chi connectivity index (χ0v) is 70.9. The van der Waals surface area contributed by atoms with E-state index in [1.165, 1.54) is 0 Å². The Morgan fingerprint density at radius 2 is 0.143 bits per heavy atom. The summed E-state index contributed by atoms with van der Waals surface area (Å²) in [6.45, 7) is 0. The number of hydrogen-bond donors (Lipinski definition) is 0. The van der Waals surface area contributed by atoms with Gasteiger partial charge >= 0.3 is 771 Å². The van der Waals surface area contributed by atoms with Crippen LogP contribution in [0, 0.1) is 0 Å². The van der Waals surface area contributed by atoms with E-state index in [9.17, 15) is 0 Å². The van der Waals surface area contributed by atoms with E-state index in [4.69, 9.17) is 75.4 Å². The Bertz CT molecular complexity index is 109. The van der Waals surface area contributed by atoms with E-state index < -0.39 is 36.6 Å². The van der Waals surface area contributed by atoms with Crippen LogP contribution in [0.25, 0.3) is 0 Å². The van der Waals surface area contributed by atoms with Gasteiger partial charge in [-0.25, -0.2) is 0 Å². The maximum atomic E-state index is 8.42. The molecule has 0 saturated carbocycles. The standard InChI is InChI=1S/5BO3.15K/c5*2-1(3)4;;;;;;;;;;;;;;;/q5*-3;15*+1. The van der Waals surface area contributed by atoms with Crippen LogP contribution in [0.3, 0.4) is 0 Å². The third-order valence-corrected chi connectivity index (χ3v) is 0. The summed E-state index contributed by atoms with van der Waals surface area (Å²) in [5.74, 6) is 0. The molecule has 0 aliphatic carbocycles. The van der Waals surface area contributed by atoms with E-state index in [0.29, 0.717) is 0 Å². The van der Waals surface area contributed by atoms with Crippen LogP contribution < -0.4 is 846 Å². The van der Waals surface area contributed by atoms with Gasteiger partial charge in [0.15, 0.2) is 0 Å². The van der Waals surface area contributed by atoms with Crippen molar-refractivity contribution in [2.24, 2.45) is 0 Å². The summed E-state index contributed by atoms with van der Waals surface area (Å²) in [5.41, 5.74) is 0. The van der Waals surface area contributed by atoms with Crippen LogP contribution in [-0.4, -0.2) is 36.6 Å². The molecule has 0 aliphatic heterocycles. The molecule has 0 fully saturated rings. The van der Waals surface area contributed by atoms with E-state index >= 15 is 0 Å². The van der Waals surface area contributed by atoms with Crippen LogP contribution in [0.2, 0.25) is 0 Å². The topological polar surface area (TPSA) is 346 Å². The van der Waals surface area contributed by atoms with Crippen molar-refractivity contribution in [3.8, 4) is 0 Å². The Kier molecular flexibility index (Phi) is 462. The van der Waals surface area contributed by atoms with E-state index in [1.807, 2.05) is 0 Å². The summed E-state index contributed by atoms with van der Waals surface area (Å²) in [7, 11) is -14.6. The van der Waals surface area contributed by atoms with E-state index in [1.54, 1.807) is 0 Å². The van der Waals surface area contributed by atoms with Gasteiger partial charge in [-0.1, -0.05) is 0 Å². The summed E-state index contributed by atoms with van der Waals surface area (Å²) in [6.07, 6.45) is 0. The van der Waals surface area contributed by atoms with Gasteiger partial charge in [0.1, 0.15) is 0 Å². The summed E-state index contributed by atoms with van der Waals surface area (Å²) in [6, 6.07) is 0. The van der Waals surface area contributed by atoms with E-state index in [0.717, 1.165) is 0 Å². The Morgan fingerprint density at radius 1 is 0.143 bits per heavy atom. The molecule has 0 saturated heterocycles. The SMILES string of the molecule is [K+].[K+].[K+].[K+].[K+].[K+].[K+].[K+].[K+].[K+].[K+].[K+].[K+].[K+].[K+].[O-]B([O-])[O-].[O-]B([O-])[O-].[O-]B([O-])[O-].[O-]B([O-])[O-].[O-]B([O-])[O-]. The minimum absolute atomic E-state index is 0. The maximum Gasteiger partial charge on any atom is 1.00 e. The van der Waals surface area contributed by atoms with Crippen molar-refractivity contribution in [3.05, 3.63) is 0 Å². The Labute approximate surface area is 847 Å². The van der Waals surface area contributed by atoms with Crippen molar-refractivity contribution in [2.75, 3.05) is 0 Å². The third kappa shape index (κ3) is 313. The van der Waals surface area contributed by atoms with Crippen molar-refractivity contribution < 1.29 is 846 Å². The van der Waals surface area contributed by atoms with Crippen LogP contribution >= 0.6 is 0 Å². The number of rotatable bonds is 0. The van der Waals surface area contributed by atoms with Crippen LogP contribution in [0.15, 0.2) is 0 Å². The van der Waals surface area contributed by atoms with E-state index in [2.05, 4.69) is 0 Å². The fourth-order valence-electron chi connectivity index (χ4n) is 0. The minimum Gasteiger partial charge on any atom is -0.907 e. The molecule has 0 aromatic carbocycles. The van der Waals surface area contributed by atoms with Crippen molar-refractivity contribution in [1.29, 1.82) is 0 Å². The first-order chi connectivity index (χ1) is 8.66. The molecule has 0 spiro atoms. The van der Waals surface area contributed by atoms with Gasteiger partial charge in [0.05, 0.1) is 0 Å². The molecular weight excluding hydrogens is 881 g/mol. The van der Waals surface area contributed by atoms with Crippen molar-refractivity contribution in [3.63, 3.8) is 0 Å². The van der Waals surface area contributed by atoms with Gasteiger partial charge in [0.2, 0.25) is 0 Å². The molecule has 0 unspecified atom stereocenters. The molecule has 0 heterocycles. The fraction of sp³-hybridized carbons (Fsp3) is 0. The molecule has 0 rings (SSSR count). The van der Waals surface area contributed by atoms with Crippen molar-refractivity contribution in [2.45, 2.75) is 0 Å². The zero-order chi connectivity index (χ0) is 17.9. The minimum atomic E-state index is -2.92. The van der Waals surface area contributed by atoms with Crippen LogP contribution in [0.1, 0.15) is 0 Å². The van der Waals surface area contributed by atoms with Gasteiger partial charge in [-0.3, -0.25) is 36.6 Å². The first-order valence-electron chi connectivity index (χ1n) is 3.54. The maximum absolute atomic E-state index is 8.42. The fourth-order valence-corrected chi connectivity index (χ4v) is 0. The third-order valence-electron chi connectivity index (χ3n) is 0. The molecule has 0 bridgehead atoms. The zero-order valence-electron chi connectivity index (χ0n) is 24.0. The second-order valence-electron chi connectivity index (χ2n) is 1.44. The average molecular weight is 881 g/mol. The molecule has 0 aromatic heterocycles. The molecule has 15 nitrogen and oxygen atoms in total. The van der Waals surface area contributed by atoms with Crippen molar-refractivity contribution >= 4 is 36.6 Å². The van der Waals surface area contributed by atoms with Gasteiger partial charge < -0.3 is 75.4 Å². The molecule has 35 heavy (non-hydrogen) atoms. The van der Waals surface area contributed by atoms with Gasteiger partial charge in [-0.2, -0.15) is 0 Å². The summed E-state index contributed by atoms with van der Waals surface area (Å²) in [5, 5.41) is 126. The van der Waals surface area contributed by atoms with Crippen LogP contribution in [0.4, 0.5) is 0 Å². The quantitative estimate of drug-likeness (QED) is 0.204.